The number of nitrogens with zero attached hydrogens (tertiary/aromatic N) is 2. The van der Waals surface area contributed by atoms with Gasteiger partial charge in [0.1, 0.15) is 5.60 Å². The van der Waals surface area contributed by atoms with E-state index in [2.05, 4.69) is 0 Å². The summed E-state index contributed by atoms with van der Waals surface area (Å²) < 4.78 is 20.6. The molecule has 160 valence electrons. The number of benzene rings is 2. The quantitative estimate of drug-likeness (QED) is 0.722. The summed E-state index contributed by atoms with van der Waals surface area (Å²) in [4.78, 5) is 27.9. The van der Waals surface area contributed by atoms with Gasteiger partial charge in [-0.25, -0.2) is 14.1 Å². The van der Waals surface area contributed by atoms with Crippen LogP contribution in [0, 0.1) is 0 Å². The molecule has 0 aliphatic carbocycles. The monoisotopic (exact) mass is 412 g/mol. The first-order valence-corrected chi connectivity index (χ1v) is 10.2. The maximum absolute atomic E-state index is 15.3. The third-order valence-corrected chi connectivity index (χ3v) is 5.03. The zero-order valence-corrected chi connectivity index (χ0v) is 17.8. The number of rotatable bonds is 5. The highest BCUT2D eigenvalue weighted by atomic mass is 19.1. The van der Waals surface area contributed by atoms with Crippen LogP contribution in [0.5, 0.6) is 0 Å². The summed E-state index contributed by atoms with van der Waals surface area (Å²) in [6.07, 6.45) is -2.23. The van der Waals surface area contributed by atoms with Crippen LogP contribution in [-0.4, -0.2) is 46.2 Å². The van der Waals surface area contributed by atoms with Crippen molar-refractivity contribution in [3.63, 3.8) is 0 Å². The van der Waals surface area contributed by atoms with Crippen LogP contribution in [0.15, 0.2) is 60.7 Å². The minimum absolute atomic E-state index is 0.138. The molecule has 1 saturated heterocycles. The Morgan fingerprint density at radius 2 is 1.53 bits per heavy atom. The van der Waals surface area contributed by atoms with E-state index in [0.717, 1.165) is 16.0 Å². The van der Waals surface area contributed by atoms with Gasteiger partial charge in [-0.2, -0.15) is 0 Å². The highest BCUT2D eigenvalue weighted by molar-refractivity contribution is 5.95. The van der Waals surface area contributed by atoms with Crippen molar-refractivity contribution >= 4 is 12.0 Å². The molecule has 1 heterocycles. The van der Waals surface area contributed by atoms with E-state index in [0.29, 0.717) is 19.5 Å². The molecule has 0 saturated carbocycles. The molecule has 0 radical (unpaired) electrons. The van der Waals surface area contributed by atoms with Crippen molar-refractivity contribution in [3.8, 4) is 0 Å². The molecule has 0 N–H and O–H groups in total. The molecule has 0 bridgehead atoms. The number of piperidine rings is 1. The van der Waals surface area contributed by atoms with Crippen molar-refractivity contribution in [2.45, 2.75) is 58.1 Å². The third-order valence-electron chi connectivity index (χ3n) is 5.03. The number of likely N-dealkylation sites (tertiary alicyclic amines) is 1. The Hall–Kier alpha value is -2.73. The van der Waals surface area contributed by atoms with Crippen molar-refractivity contribution in [2.75, 3.05) is 6.54 Å². The fraction of sp³-hybridized carbons (Fsp3) is 0.417. The van der Waals surface area contributed by atoms with Gasteiger partial charge >= 0.3 is 6.09 Å². The lowest BCUT2D eigenvalue weighted by Gasteiger charge is -2.39. The standard InChI is InChI=1S/C24H29FN2O3/c1-24(2,3)30-23(29)27-15-14-20(21(25)22(27)28)26(16-18-10-6-4-7-11-18)17-19-12-8-5-9-13-19/h4-13,20-21H,14-17H2,1-3H3/t20-,21+/m0/s1. The fourth-order valence-electron chi connectivity index (χ4n) is 3.62. The Labute approximate surface area is 177 Å². The van der Waals surface area contributed by atoms with Crippen molar-refractivity contribution < 1.29 is 18.7 Å². The number of amides is 2. The smallest absolute Gasteiger partial charge is 0.417 e. The van der Waals surface area contributed by atoms with Crippen LogP contribution in [0.2, 0.25) is 0 Å². The van der Waals surface area contributed by atoms with Crippen molar-refractivity contribution in [1.82, 2.24) is 9.80 Å². The zero-order chi connectivity index (χ0) is 21.7. The van der Waals surface area contributed by atoms with E-state index in [9.17, 15) is 9.59 Å². The highest BCUT2D eigenvalue weighted by Gasteiger charge is 2.43. The van der Waals surface area contributed by atoms with Gasteiger partial charge in [0.05, 0.1) is 6.04 Å². The predicted octanol–water partition coefficient (Wildman–Crippen LogP) is 4.56. The average molecular weight is 413 g/mol. The maximum Gasteiger partial charge on any atom is 0.417 e. The lowest BCUT2D eigenvalue weighted by Crippen LogP contribution is -2.57. The molecule has 0 spiro atoms. The van der Waals surface area contributed by atoms with Crippen molar-refractivity contribution in [3.05, 3.63) is 71.8 Å². The Kier molecular flexibility index (Phi) is 6.87. The first-order chi connectivity index (χ1) is 14.2. The second kappa shape index (κ2) is 9.39. The van der Waals surface area contributed by atoms with Gasteiger partial charge < -0.3 is 4.74 Å². The van der Waals surface area contributed by atoms with Crippen LogP contribution in [-0.2, 0) is 22.6 Å². The van der Waals surface area contributed by atoms with Gasteiger partial charge in [-0.1, -0.05) is 60.7 Å². The third kappa shape index (κ3) is 5.66. The molecule has 30 heavy (non-hydrogen) atoms. The van der Waals surface area contributed by atoms with E-state index in [-0.39, 0.29) is 6.54 Å². The lowest BCUT2D eigenvalue weighted by atomic mass is 9.99. The molecule has 1 fully saturated rings. The van der Waals surface area contributed by atoms with E-state index in [1.165, 1.54) is 0 Å². The summed E-state index contributed by atoms with van der Waals surface area (Å²) in [5.41, 5.74) is 1.34. The summed E-state index contributed by atoms with van der Waals surface area (Å²) >= 11 is 0. The van der Waals surface area contributed by atoms with Crippen LogP contribution in [0.4, 0.5) is 9.18 Å². The second-order valence-corrected chi connectivity index (χ2v) is 8.60. The molecule has 3 rings (SSSR count). The number of imide groups is 1. The molecule has 2 atom stereocenters. The Balaban J connectivity index is 1.78. The first kappa shape index (κ1) is 22.0. The van der Waals surface area contributed by atoms with Crippen LogP contribution >= 0.6 is 0 Å². The maximum atomic E-state index is 15.3. The van der Waals surface area contributed by atoms with E-state index >= 15 is 4.39 Å². The molecule has 1 aliphatic heterocycles. The minimum atomic E-state index is -1.79. The van der Waals surface area contributed by atoms with Gasteiger partial charge in [-0.05, 0) is 38.3 Å². The van der Waals surface area contributed by atoms with Gasteiger partial charge in [0, 0.05) is 19.6 Å². The Morgan fingerprint density at radius 3 is 2.00 bits per heavy atom. The number of ether oxygens (including phenoxy) is 1. The summed E-state index contributed by atoms with van der Waals surface area (Å²) in [5.74, 6) is -0.827. The molecule has 0 unspecified atom stereocenters. The van der Waals surface area contributed by atoms with Crippen LogP contribution < -0.4 is 0 Å². The van der Waals surface area contributed by atoms with Crippen molar-refractivity contribution in [1.29, 1.82) is 0 Å². The second-order valence-electron chi connectivity index (χ2n) is 8.60. The van der Waals surface area contributed by atoms with E-state index in [1.807, 2.05) is 65.6 Å². The van der Waals surface area contributed by atoms with Gasteiger partial charge in [-0.15, -0.1) is 0 Å². The molecule has 2 aromatic carbocycles. The Bertz CT molecular complexity index is 810. The average Bonchev–Trinajstić information content (AvgIpc) is 2.70. The van der Waals surface area contributed by atoms with Gasteiger partial charge in [0.2, 0.25) is 0 Å². The molecular formula is C24H29FN2O3. The molecule has 0 aromatic heterocycles. The minimum Gasteiger partial charge on any atom is -0.443 e. The summed E-state index contributed by atoms with van der Waals surface area (Å²) in [6, 6.07) is 19.0. The highest BCUT2D eigenvalue weighted by Crippen LogP contribution is 2.26. The summed E-state index contributed by atoms with van der Waals surface area (Å²) in [5, 5.41) is 0. The first-order valence-electron chi connectivity index (χ1n) is 10.2. The van der Waals surface area contributed by atoms with Gasteiger partial charge in [0.25, 0.3) is 5.91 Å². The van der Waals surface area contributed by atoms with Crippen molar-refractivity contribution in [2.24, 2.45) is 0 Å². The predicted molar refractivity (Wildman–Crippen MR) is 113 cm³/mol. The van der Waals surface area contributed by atoms with Gasteiger partial charge in [0.15, 0.2) is 6.17 Å². The van der Waals surface area contributed by atoms with Gasteiger partial charge in [-0.3, -0.25) is 9.69 Å². The normalized spacial score (nSPS) is 19.8. The molecule has 6 heteroatoms. The molecular weight excluding hydrogens is 383 g/mol. The Morgan fingerprint density at radius 1 is 1.03 bits per heavy atom. The number of halogens is 1. The van der Waals surface area contributed by atoms with Crippen LogP contribution in [0.3, 0.4) is 0 Å². The fourth-order valence-corrected chi connectivity index (χ4v) is 3.62. The number of hydrogen-bond donors (Lipinski definition) is 0. The van der Waals surface area contributed by atoms with Crippen LogP contribution in [0.25, 0.3) is 0 Å². The van der Waals surface area contributed by atoms with E-state index in [4.69, 9.17) is 4.74 Å². The summed E-state index contributed by atoms with van der Waals surface area (Å²) in [7, 11) is 0. The largest absolute Gasteiger partial charge is 0.443 e. The van der Waals surface area contributed by atoms with E-state index < -0.39 is 29.8 Å². The van der Waals surface area contributed by atoms with Crippen LogP contribution in [0.1, 0.15) is 38.3 Å². The topological polar surface area (TPSA) is 49.9 Å². The molecule has 2 aromatic rings. The lowest BCUT2D eigenvalue weighted by molar-refractivity contribution is -0.143. The number of carbonyl (C=O) groups excluding carboxylic acids is 2. The SMILES string of the molecule is CC(C)(C)OC(=O)N1CC[C@H](N(Cc2ccccc2)Cc2ccccc2)[C@@H](F)C1=O. The molecule has 5 nitrogen and oxygen atoms in total. The summed E-state index contributed by atoms with van der Waals surface area (Å²) in [6.45, 7) is 6.32. The van der Waals surface area contributed by atoms with E-state index in [1.54, 1.807) is 20.8 Å². The zero-order valence-electron chi connectivity index (χ0n) is 17.8. The number of alkyl halides is 1. The molecule has 2 amide bonds. The number of hydrogen-bond acceptors (Lipinski definition) is 4. The number of carbonyl (C=O) groups is 2. The molecule has 1 aliphatic rings.